The lowest BCUT2D eigenvalue weighted by Crippen LogP contribution is -2.10. The van der Waals surface area contributed by atoms with Crippen LogP contribution < -0.4 is 5.73 Å². The fraction of sp³-hybridized carbons (Fsp3) is 1.00. The Morgan fingerprint density at radius 2 is 1.67 bits per heavy atom. The standard InChI is InChI=1S/CH3N3O2/c2-1(3-5)4-6/h1H,2H2. The van der Waals surface area contributed by atoms with E-state index in [9.17, 15) is 0 Å². The summed E-state index contributed by atoms with van der Waals surface area (Å²) in [5, 5.41) is 4.11. The van der Waals surface area contributed by atoms with Crippen molar-refractivity contribution in [2.24, 2.45) is 16.1 Å². The Kier molecular flexibility index (Phi) is 2.06. The Morgan fingerprint density at radius 3 is 1.67 bits per heavy atom. The normalized spacial score (nSPS) is 8.33. The summed E-state index contributed by atoms with van der Waals surface area (Å²) in [6.07, 6.45) is -1.43. The van der Waals surface area contributed by atoms with Crippen LogP contribution in [0.3, 0.4) is 0 Å². The van der Waals surface area contributed by atoms with Gasteiger partial charge in [0, 0.05) is 0 Å². The molecule has 5 heteroatoms. The van der Waals surface area contributed by atoms with Crippen LogP contribution in [0.4, 0.5) is 0 Å². The highest BCUT2D eigenvalue weighted by molar-refractivity contribution is 4.46. The van der Waals surface area contributed by atoms with Gasteiger partial charge in [0.1, 0.15) is 0 Å². The van der Waals surface area contributed by atoms with Gasteiger partial charge in [-0.1, -0.05) is 0 Å². The van der Waals surface area contributed by atoms with Crippen LogP contribution in [0.25, 0.3) is 0 Å². The van der Waals surface area contributed by atoms with Gasteiger partial charge in [0.2, 0.25) is 0 Å². The van der Waals surface area contributed by atoms with Gasteiger partial charge in [0.05, 0.1) is 0 Å². The second-order valence-corrected chi connectivity index (χ2v) is 0.624. The van der Waals surface area contributed by atoms with Crippen molar-refractivity contribution < 1.29 is 0 Å². The molecule has 0 aromatic carbocycles. The second kappa shape index (κ2) is 2.40. The van der Waals surface area contributed by atoms with Gasteiger partial charge in [-0.2, -0.15) is 0 Å². The molecule has 0 rings (SSSR count). The molecule has 0 radical (unpaired) electrons. The highest BCUT2D eigenvalue weighted by Gasteiger charge is 1.91. The number of nitrogens with zero attached hydrogens (tertiary/aromatic N) is 2. The zero-order valence-corrected chi connectivity index (χ0v) is 2.87. The minimum Gasteiger partial charge on any atom is -0.285 e. The summed E-state index contributed by atoms with van der Waals surface area (Å²) in [5.74, 6) is 0. The quantitative estimate of drug-likeness (QED) is 0.474. The van der Waals surface area contributed by atoms with E-state index in [1.54, 1.807) is 0 Å². The Bertz CT molecular complexity index is 53.8. The summed E-state index contributed by atoms with van der Waals surface area (Å²) < 4.78 is 0. The molecule has 0 saturated heterocycles. The van der Waals surface area contributed by atoms with E-state index < -0.39 is 6.29 Å². The molecule has 0 aliphatic heterocycles. The van der Waals surface area contributed by atoms with Crippen LogP contribution in [0, 0.1) is 9.81 Å². The van der Waals surface area contributed by atoms with Gasteiger partial charge in [0.25, 0.3) is 6.29 Å². The van der Waals surface area contributed by atoms with Crippen molar-refractivity contribution in [3.8, 4) is 0 Å². The van der Waals surface area contributed by atoms with Crippen molar-refractivity contribution in [2.45, 2.75) is 6.29 Å². The minimum absolute atomic E-state index is 1.43. The van der Waals surface area contributed by atoms with Crippen molar-refractivity contribution >= 4 is 0 Å². The number of nitrogens with two attached hydrogens (primary N) is 1. The third kappa shape index (κ3) is 1.48. The first-order chi connectivity index (χ1) is 2.81. The van der Waals surface area contributed by atoms with E-state index >= 15 is 0 Å². The number of rotatable bonds is 2. The summed E-state index contributed by atoms with van der Waals surface area (Å²) in [4.78, 5) is 18.1. The highest BCUT2D eigenvalue weighted by Crippen LogP contribution is 1.74. The molecular formula is CH3N3O2. The average Bonchev–Trinajstić information content (AvgIpc) is 1.65. The van der Waals surface area contributed by atoms with Crippen LogP contribution >= 0.6 is 0 Å². The van der Waals surface area contributed by atoms with Crippen molar-refractivity contribution in [2.75, 3.05) is 0 Å². The second-order valence-electron chi connectivity index (χ2n) is 0.624. The smallest absolute Gasteiger partial charge is 0.272 e. The first-order valence-corrected chi connectivity index (χ1v) is 1.21. The summed E-state index contributed by atoms with van der Waals surface area (Å²) in [7, 11) is 0. The molecule has 5 nitrogen and oxygen atoms in total. The molecule has 6 heavy (non-hydrogen) atoms. The molecule has 0 saturated carbocycles. The minimum atomic E-state index is -1.43. The van der Waals surface area contributed by atoms with Crippen LogP contribution in [-0.2, 0) is 0 Å². The van der Waals surface area contributed by atoms with Gasteiger partial charge in [-0.05, 0) is 10.4 Å². The SMILES string of the molecule is NC(N=O)N=O. The molecule has 0 bridgehead atoms. The molecule has 0 aliphatic carbocycles. The number of hydrogen-bond donors (Lipinski definition) is 1. The van der Waals surface area contributed by atoms with E-state index in [2.05, 4.69) is 16.1 Å². The molecule has 0 aromatic rings. The molecule has 0 unspecified atom stereocenters. The fourth-order valence-electron chi connectivity index (χ4n) is 0.0192. The lowest BCUT2D eigenvalue weighted by molar-refractivity contribution is 0.740. The Balaban J connectivity index is 3.21. The molecule has 2 N–H and O–H groups in total. The first kappa shape index (κ1) is 5.16. The monoisotopic (exact) mass is 89.0 g/mol. The largest absolute Gasteiger partial charge is 0.285 e. The molecule has 0 aliphatic rings. The molecule has 0 atom stereocenters. The molecule has 0 amide bonds. The highest BCUT2D eigenvalue weighted by atomic mass is 16.3. The number of hydrogen-bond acceptors (Lipinski definition) is 5. The summed E-state index contributed by atoms with van der Waals surface area (Å²) >= 11 is 0. The Morgan fingerprint density at radius 1 is 1.33 bits per heavy atom. The third-order valence-electron chi connectivity index (χ3n) is 0.216. The van der Waals surface area contributed by atoms with Crippen molar-refractivity contribution in [1.82, 2.24) is 0 Å². The predicted molar refractivity (Wildman–Crippen MR) is 19.6 cm³/mol. The summed E-state index contributed by atoms with van der Waals surface area (Å²) in [6, 6.07) is 0. The molecular weight excluding hydrogens is 86.0 g/mol. The third-order valence-corrected chi connectivity index (χ3v) is 0.216. The summed E-state index contributed by atoms with van der Waals surface area (Å²) in [6.45, 7) is 0. The lowest BCUT2D eigenvalue weighted by Gasteiger charge is -1.78. The van der Waals surface area contributed by atoms with Crippen molar-refractivity contribution in [3.63, 3.8) is 0 Å². The van der Waals surface area contributed by atoms with Gasteiger partial charge in [-0.15, -0.1) is 9.81 Å². The van der Waals surface area contributed by atoms with E-state index in [4.69, 9.17) is 9.81 Å². The average molecular weight is 89.1 g/mol. The van der Waals surface area contributed by atoms with Crippen molar-refractivity contribution in [3.05, 3.63) is 9.81 Å². The molecule has 0 spiro atoms. The predicted octanol–water partition coefficient (Wildman–Crippen LogP) is -0.238. The van der Waals surface area contributed by atoms with Gasteiger partial charge in [-0.25, -0.2) is 0 Å². The van der Waals surface area contributed by atoms with Crippen LogP contribution in [0.2, 0.25) is 0 Å². The van der Waals surface area contributed by atoms with E-state index in [-0.39, 0.29) is 0 Å². The van der Waals surface area contributed by atoms with Gasteiger partial charge in [0.15, 0.2) is 0 Å². The maximum atomic E-state index is 9.07. The van der Waals surface area contributed by atoms with E-state index in [0.29, 0.717) is 0 Å². The van der Waals surface area contributed by atoms with Crippen LogP contribution in [0.1, 0.15) is 0 Å². The lowest BCUT2D eigenvalue weighted by atomic mass is 11.0. The van der Waals surface area contributed by atoms with Crippen LogP contribution in [-0.4, -0.2) is 6.29 Å². The number of nitroso groups, excluding NO2 is 2. The maximum Gasteiger partial charge on any atom is 0.272 e. The topological polar surface area (TPSA) is 84.9 Å². The van der Waals surface area contributed by atoms with E-state index in [1.807, 2.05) is 0 Å². The van der Waals surface area contributed by atoms with Crippen molar-refractivity contribution in [1.29, 1.82) is 0 Å². The van der Waals surface area contributed by atoms with Gasteiger partial charge < -0.3 is 0 Å². The molecule has 0 aromatic heterocycles. The van der Waals surface area contributed by atoms with Gasteiger partial charge >= 0.3 is 0 Å². The Labute approximate surface area is 33.5 Å². The zero-order chi connectivity index (χ0) is 4.99. The summed E-state index contributed by atoms with van der Waals surface area (Å²) in [5.41, 5.74) is 4.51. The zero-order valence-electron chi connectivity index (χ0n) is 2.87. The van der Waals surface area contributed by atoms with E-state index in [0.717, 1.165) is 0 Å². The van der Waals surface area contributed by atoms with Crippen LogP contribution in [0.5, 0.6) is 0 Å². The van der Waals surface area contributed by atoms with Crippen LogP contribution in [0.15, 0.2) is 10.4 Å². The molecule has 0 heterocycles. The van der Waals surface area contributed by atoms with Gasteiger partial charge in [-0.3, -0.25) is 5.73 Å². The maximum absolute atomic E-state index is 9.07. The molecule has 0 fully saturated rings. The Hall–Kier alpha value is -0.840. The first-order valence-electron chi connectivity index (χ1n) is 1.21. The molecule has 34 valence electrons. The fourth-order valence-corrected chi connectivity index (χ4v) is 0.0192. The van der Waals surface area contributed by atoms with E-state index in [1.165, 1.54) is 0 Å².